The van der Waals surface area contributed by atoms with Gasteiger partial charge in [0, 0.05) is 23.4 Å². The van der Waals surface area contributed by atoms with Gasteiger partial charge in [-0.3, -0.25) is 0 Å². The van der Waals surface area contributed by atoms with E-state index in [1.54, 1.807) is 18.2 Å². The highest BCUT2D eigenvalue weighted by atomic mass is 35.5. The zero-order valence-electron chi connectivity index (χ0n) is 10.7. The number of halogens is 4. The van der Waals surface area contributed by atoms with Crippen LogP contribution in [0.15, 0.2) is 30.6 Å². The van der Waals surface area contributed by atoms with Crippen LogP contribution in [0.2, 0.25) is 5.28 Å². The zero-order chi connectivity index (χ0) is 15.2. The van der Waals surface area contributed by atoms with Crippen molar-refractivity contribution >= 4 is 28.2 Å². The SMILES string of the molecule is Nc1ccc2c(cnn2-c2nc(Cl)ncc2C(F)(F)F)c1.[N]. The van der Waals surface area contributed by atoms with E-state index in [0.29, 0.717) is 22.8 Å². The zero-order valence-corrected chi connectivity index (χ0v) is 11.5. The Bertz CT molecular complexity index is 829. The molecule has 0 aliphatic heterocycles. The van der Waals surface area contributed by atoms with Crippen LogP contribution in [0.1, 0.15) is 5.56 Å². The molecular weight excluding hydrogens is 321 g/mol. The third-order valence-corrected chi connectivity index (χ3v) is 3.02. The molecule has 0 amide bonds. The average Bonchev–Trinajstić information content (AvgIpc) is 2.79. The fourth-order valence-corrected chi connectivity index (χ4v) is 2.06. The van der Waals surface area contributed by atoms with Crippen molar-refractivity contribution in [3.8, 4) is 5.82 Å². The Morgan fingerprint density at radius 1 is 1.18 bits per heavy atom. The molecule has 2 aromatic heterocycles. The van der Waals surface area contributed by atoms with E-state index in [9.17, 15) is 13.2 Å². The fraction of sp³-hybridized carbons (Fsp3) is 0.0833. The normalized spacial score (nSPS) is 11.5. The lowest BCUT2D eigenvalue weighted by atomic mass is 10.2. The Kier molecular flexibility index (Phi) is 3.94. The maximum Gasteiger partial charge on any atom is 0.421 e. The van der Waals surface area contributed by atoms with Crippen LogP contribution in [0.4, 0.5) is 18.9 Å². The van der Waals surface area contributed by atoms with Gasteiger partial charge in [0.25, 0.3) is 0 Å². The smallest absolute Gasteiger partial charge is 0.399 e. The summed E-state index contributed by atoms with van der Waals surface area (Å²) >= 11 is 5.61. The third kappa shape index (κ3) is 2.68. The van der Waals surface area contributed by atoms with Gasteiger partial charge in [-0.25, -0.2) is 9.67 Å². The molecule has 2 heterocycles. The van der Waals surface area contributed by atoms with Crippen molar-refractivity contribution in [1.82, 2.24) is 25.9 Å². The molecule has 3 aromatic rings. The van der Waals surface area contributed by atoms with Crippen LogP contribution >= 0.6 is 11.6 Å². The molecule has 22 heavy (non-hydrogen) atoms. The molecule has 2 N–H and O–H groups in total. The van der Waals surface area contributed by atoms with Gasteiger partial charge in [0.05, 0.1) is 11.7 Å². The summed E-state index contributed by atoms with van der Waals surface area (Å²) < 4.78 is 40.2. The quantitative estimate of drug-likeness (QED) is 0.548. The first-order valence-corrected chi connectivity index (χ1v) is 6.07. The van der Waals surface area contributed by atoms with E-state index in [4.69, 9.17) is 17.3 Å². The van der Waals surface area contributed by atoms with E-state index >= 15 is 0 Å². The fourth-order valence-electron chi connectivity index (χ4n) is 1.93. The summed E-state index contributed by atoms with van der Waals surface area (Å²) in [5.74, 6) is -0.428. The van der Waals surface area contributed by atoms with Gasteiger partial charge in [0.2, 0.25) is 5.28 Å². The van der Waals surface area contributed by atoms with Crippen molar-refractivity contribution in [3.63, 3.8) is 0 Å². The summed E-state index contributed by atoms with van der Waals surface area (Å²) in [5, 5.41) is 4.24. The van der Waals surface area contributed by atoms with Gasteiger partial charge >= 0.3 is 6.18 Å². The number of nitrogens with two attached hydrogens (primary N) is 1. The van der Waals surface area contributed by atoms with E-state index < -0.39 is 17.6 Å². The van der Waals surface area contributed by atoms with E-state index in [0.717, 1.165) is 4.68 Å². The number of fused-ring (bicyclic) bond motifs is 1. The molecule has 0 aliphatic rings. The number of anilines is 1. The number of nitrogens with zero attached hydrogens (tertiary/aromatic N) is 5. The van der Waals surface area contributed by atoms with Crippen LogP contribution in [0.25, 0.3) is 16.7 Å². The highest BCUT2D eigenvalue weighted by Crippen LogP contribution is 2.34. The molecule has 10 heteroatoms. The molecule has 0 bridgehead atoms. The molecule has 0 saturated carbocycles. The molecule has 0 fully saturated rings. The maximum atomic E-state index is 13.1. The van der Waals surface area contributed by atoms with Crippen LogP contribution < -0.4 is 11.9 Å². The largest absolute Gasteiger partial charge is 0.421 e. The molecule has 6 nitrogen and oxygen atoms in total. The summed E-state index contributed by atoms with van der Waals surface area (Å²) in [6.07, 6.45) is -2.58. The number of hydrogen-bond donors (Lipinski definition) is 1. The predicted octanol–water partition coefficient (Wildman–Crippen LogP) is 2.59. The first-order chi connectivity index (χ1) is 9.86. The Morgan fingerprint density at radius 3 is 2.59 bits per heavy atom. The summed E-state index contributed by atoms with van der Waals surface area (Å²) in [5.41, 5.74) is 5.53. The summed E-state index contributed by atoms with van der Waals surface area (Å²) in [4.78, 5) is 7.04. The van der Waals surface area contributed by atoms with Crippen LogP contribution in [-0.4, -0.2) is 19.7 Å². The first-order valence-electron chi connectivity index (χ1n) is 5.69. The molecule has 0 saturated heterocycles. The molecule has 1 aromatic carbocycles. The second-order valence-corrected chi connectivity index (χ2v) is 4.59. The van der Waals surface area contributed by atoms with Crippen LogP contribution in [0, 0.1) is 0 Å². The molecule has 0 spiro atoms. The van der Waals surface area contributed by atoms with Crippen molar-refractivity contribution in [2.75, 3.05) is 5.73 Å². The first kappa shape index (κ1) is 16.0. The average molecular weight is 328 g/mol. The van der Waals surface area contributed by atoms with Crippen LogP contribution in [0.5, 0.6) is 0 Å². The van der Waals surface area contributed by atoms with Gasteiger partial charge in [0.1, 0.15) is 5.56 Å². The number of aromatic nitrogens is 4. The van der Waals surface area contributed by atoms with Gasteiger partial charge in [-0.15, -0.1) is 0 Å². The third-order valence-electron chi connectivity index (χ3n) is 2.84. The van der Waals surface area contributed by atoms with Gasteiger partial charge in [0.15, 0.2) is 5.82 Å². The number of rotatable bonds is 1. The Morgan fingerprint density at radius 2 is 1.91 bits per heavy atom. The topological polar surface area (TPSA) is 100 Å². The monoisotopic (exact) mass is 327 g/mol. The molecule has 0 atom stereocenters. The lowest BCUT2D eigenvalue weighted by molar-refractivity contribution is -0.138. The second-order valence-electron chi connectivity index (χ2n) is 4.25. The highest BCUT2D eigenvalue weighted by Gasteiger charge is 2.36. The standard InChI is InChI=1S/C12H7ClF3N5.N/c13-11-18-5-8(12(14,15)16)10(20-11)21-9-2-1-7(17)3-6(9)4-19-21;/h1-5H,17H2;. The summed E-state index contributed by atoms with van der Waals surface area (Å²) in [6, 6.07) is 4.74. The minimum absolute atomic E-state index is 0. The molecular formula is C12H7ClF3N6. The minimum atomic E-state index is -4.62. The molecule has 3 rings (SSSR count). The van der Waals surface area contributed by atoms with Crippen molar-refractivity contribution in [2.45, 2.75) is 6.18 Å². The van der Waals surface area contributed by atoms with Crippen LogP contribution in [-0.2, 0) is 6.18 Å². The van der Waals surface area contributed by atoms with Gasteiger partial charge in [-0.1, -0.05) is 0 Å². The Hall–Kier alpha value is -2.39. The minimum Gasteiger partial charge on any atom is -0.399 e. The number of hydrogen-bond acceptors (Lipinski definition) is 4. The van der Waals surface area contributed by atoms with E-state index in [1.807, 2.05) is 0 Å². The summed E-state index contributed by atoms with van der Waals surface area (Å²) in [6.45, 7) is 0. The predicted molar refractivity (Wildman–Crippen MR) is 73.2 cm³/mol. The van der Waals surface area contributed by atoms with E-state index in [2.05, 4.69) is 15.1 Å². The van der Waals surface area contributed by atoms with Crippen molar-refractivity contribution in [1.29, 1.82) is 0 Å². The highest BCUT2D eigenvalue weighted by molar-refractivity contribution is 6.28. The number of benzene rings is 1. The van der Waals surface area contributed by atoms with Crippen molar-refractivity contribution < 1.29 is 13.2 Å². The number of alkyl halides is 3. The number of nitrogen functional groups attached to an aromatic ring is 1. The van der Waals surface area contributed by atoms with Crippen molar-refractivity contribution in [3.05, 3.63) is 41.4 Å². The lowest BCUT2D eigenvalue weighted by Crippen LogP contribution is -2.14. The van der Waals surface area contributed by atoms with Gasteiger partial charge in [-0.2, -0.15) is 23.3 Å². The van der Waals surface area contributed by atoms with Crippen LogP contribution in [0.3, 0.4) is 0 Å². The lowest BCUT2D eigenvalue weighted by Gasteiger charge is -2.12. The second kappa shape index (κ2) is 5.43. The molecule has 3 radical (unpaired) electrons. The summed E-state index contributed by atoms with van der Waals surface area (Å²) in [7, 11) is 0. The maximum absolute atomic E-state index is 13.1. The molecule has 0 aliphatic carbocycles. The van der Waals surface area contributed by atoms with Crippen molar-refractivity contribution in [2.24, 2.45) is 0 Å². The molecule has 0 unspecified atom stereocenters. The van der Waals surface area contributed by atoms with E-state index in [-0.39, 0.29) is 11.4 Å². The Labute approximate surface area is 127 Å². The van der Waals surface area contributed by atoms with Gasteiger partial charge in [-0.05, 0) is 29.8 Å². The Balaban J connectivity index is 0.00000176. The molecule has 113 valence electrons. The van der Waals surface area contributed by atoms with Gasteiger partial charge < -0.3 is 5.73 Å². The van der Waals surface area contributed by atoms with E-state index in [1.165, 1.54) is 6.20 Å².